The number of nitrogens with zero attached hydrogens (tertiary/aromatic N) is 4. The third-order valence-corrected chi connectivity index (χ3v) is 7.61. The van der Waals surface area contributed by atoms with Crippen LogP contribution in [0.3, 0.4) is 0 Å². The third-order valence-electron chi connectivity index (χ3n) is 7.61. The normalized spacial score (nSPS) is 14.1. The average Bonchev–Trinajstić information content (AvgIpc) is 3.62. The highest BCUT2D eigenvalue weighted by molar-refractivity contribution is 6.01. The van der Waals surface area contributed by atoms with Gasteiger partial charge in [-0.3, -0.25) is 24.8 Å². The van der Waals surface area contributed by atoms with E-state index in [2.05, 4.69) is 59.0 Å². The topological polar surface area (TPSA) is 124 Å². The average molecular weight is 529 g/mol. The van der Waals surface area contributed by atoms with Crippen LogP contribution >= 0.6 is 0 Å². The lowest BCUT2D eigenvalue weighted by molar-refractivity contribution is -0.117. The number of pyridine rings is 3. The molecule has 1 fully saturated rings. The van der Waals surface area contributed by atoms with Gasteiger partial charge in [0, 0.05) is 46.9 Å². The number of aromatic nitrogens is 6. The quantitative estimate of drug-likeness (QED) is 0.224. The van der Waals surface area contributed by atoms with Crippen molar-refractivity contribution in [1.82, 2.24) is 35.5 Å². The maximum absolute atomic E-state index is 12.7. The molecule has 9 heteroatoms. The van der Waals surface area contributed by atoms with Crippen LogP contribution in [-0.2, 0) is 4.79 Å². The molecule has 0 radical (unpaired) electrons. The molecule has 6 aromatic rings. The summed E-state index contributed by atoms with van der Waals surface area (Å²) >= 11 is 0. The van der Waals surface area contributed by atoms with Gasteiger partial charge >= 0.3 is 0 Å². The number of carbonyl (C=O) groups excluding carboxylic acids is 1. The van der Waals surface area contributed by atoms with E-state index in [0.717, 1.165) is 81.5 Å². The molecule has 5 aromatic heterocycles. The second-order valence-corrected chi connectivity index (χ2v) is 10.3. The number of aromatic amines is 2. The number of nitrogens with one attached hydrogen (secondary N) is 4. The number of H-pyrrole nitrogens is 2. The lowest BCUT2D eigenvalue weighted by Crippen LogP contribution is -2.30. The van der Waals surface area contributed by atoms with Crippen LogP contribution in [0.2, 0.25) is 0 Å². The Morgan fingerprint density at radius 2 is 1.77 bits per heavy atom. The first-order chi connectivity index (χ1) is 19.7. The Hall–Kier alpha value is -4.89. The van der Waals surface area contributed by atoms with Crippen LogP contribution in [0.15, 0.2) is 79.5 Å². The van der Waals surface area contributed by atoms with Crippen molar-refractivity contribution in [3.63, 3.8) is 0 Å². The first kappa shape index (κ1) is 24.2. The van der Waals surface area contributed by atoms with Crippen LogP contribution in [0.25, 0.3) is 55.6 Å². The zero-order valence-corrected chi connectivity index (χ0v) is 21.8. The minimum atomic E-state index is 0.0244. The molecule has 1 saturated heterocycles. The molecule has 0 aliphatic carbocycles. The van der Waals surface area contributed by atoms with E-state index in [9.17, 15) is 4.79 Å². The standard InChI is InChI=1S/C31H28N8O/c40-30(12-19-4-8-32-9-5-19)36-22-13-21(16-34-17-22)27-15-25-29(18-35-27)38-39-31(25)28-14-24-23(2-1-3-26(24)37-28)20-6-10-33-11-7-20/h1-3,6-7,10-11,13-19,32,37H,4-5,8-9,12H2,(H,36,40)(H,38,39). The molecule has 4 N–H and O–H groups in total. The highest BCUT2D eigenvalue weighted by Crippen LogP contribution is 2.34. The first-order valence-corrected chi connectivity index (χ1v) is 13.5. The van der Waals surface area contributed by atoms with Gasteiger partial charge in [0.2, 0.25) is 5.91 Å². The van der Waals surface area contributed by atoms with Crippen LogP contribution in [-0.4, -0.2) is 49.1 Å². The fraction of sp³-hybridized carbons (Fsp3) is 0.194. The van der Waals surface area contributed by atoms with Gasteiger partial charge in [0.05, 0.1) is 35.0 Å². The van der Waals surface area contributed by atoms with Crippen LogP contribution in [0.4, 0.5) is 5.69 Å². The van der Waals surface area contributed by atoms with Gasteiger partial charge < -0.3 is 15.6 Å². The van der Waals surface area contributed by atoms with Crippen molar-refractivity contribution in [2.24, 2.45) is 5.92 Å². The van der Waals surface area contributed by atoms with Gasteiger partial charge in [-0.05, 0) is 79.4 Å². The summed E-state index contributed by atoms with van der Waals surface area (Å²) in [7, 11) is 0. The maximum Gasteiger partial charge on any atom is 0.224 e. The van der Waals surface area contributed by atoms with Crippen molar-refractivity contribution >= 4 is 33.4 Å². The number of piperidine rings is 1. The molecule has 7 rings (SSSR count). The largest absolute Gasteiger partial charge is 0.353 e. The van der Waals surface area contributed by atoms with Gasteiger partial charge in [0.1, 0.15) is 5.69 Å². The lowest BCUT2D eigenvalue weighted by Gasteiger charge is -2.21. The molecule has 0 saturated carbocycles. The molecule has 0 bridgehead atoms. The van der Waals surface area contributed by atoms with E-state index in [1.54, 1.807) is 31.0 Å². The van der Waals surface area contributed by atoms with Crippen molar-refractivity contribution in [2.75, 3.05) is 18.4 Å². The van der Waals surface area contributed by atoms with Crippen LogP contribution in [0, 0.1) is 5.92 Å². The Balaban J connectivity index is 1.19. The van der Waals surface area contributed by atoms with Crippen LogP contribution in [0.5, 0.6) is 0 Å². The van der Waals surface area contributed by atoms with Crippen molar-refractivity contribution < 1.29 is 4.79 Å². The summed E-state index contributed by atoms with van der Waals surface area (Å²) < 4.78 is 0. The summed E-state index contributed by atoms with van der Waals surface area (Å²) in [5, 5.41) is 16.2. The maximum atomic E-state index is 12.7. The summed E-state index contributed by atoms with van der Waals surface area (Å²) in [6.45, 7) is 1.95. The fourth-order valence-corrected chi connectivity index (χ4v) is 5.55. The van der Waals surface area contributed by atoms with Crippen molar-refractivity contribution in [3.8, 4) is 33.8 Å². The fourth-order valence-electron chi connectivity index (χ4n) is 5.55. The van der Waals surface area contributed by atoms with E-state index in [4.69, 9.17) is 0 Å². The molecular formula is C31H28N8O. The minimum Gasteiger partial charge on any atom is -0.353 e. The molecule has 1 aromatic carbocycles. The molecule has 1 amide bonds. The van der Waals surface area contributed by atoms with E-state index < -0.39 is 0 Å². The lowest BCUT2D eigenvalue weighted by atomic mass is 9.94. The number of rotatable bonds is 6. The van der Waals surface area contributed by atoms with Crippen molar-refractivity contribution in [3.05, 3.63) is 79.5 Å². The molecule has 0 spiro atoms. The van der Waals surface area contributed by atoms with E-state index in [1.165, 1.54) is 0 Å². The van der Waals surface area contributed by atoms with Crippen LogP contribution in [0.1, 0.15) is 19.3 Å². The van der Waals surface area contributed by atoms with Gasteiger partial charge in [-0.25, -0.2) is 0 Å². The third kappa shape index (κ3) is 4.71. The number of carbonyl (C=O) groups is 1. The summed E-state index contributed by atoms with van der Waals surface area (Å²) in [4.78, 5) is 29.4. The number of fused-ring (bicyclic) bond motifs is 2. The van der Waals surface area contributed by atoms with Gasteiger partial charge in [-0.1, -0.05) is 12.1 Å². The molecule has 6 heterocycles. The van der Waals surface area contributed by atoms with Gasteiger partial charge in [0.15, 0.2) is 0 Å². The Kier molecular flexibility index (Phi) is 6.25. The SMILES string of the molecule is O=C(CC1CCNCC1)Nc1cncc(-c2cc3c(-c4cc5c(-c6ccncc6)cccc5[nH]4)n[nH]c3cn2)c1. The Morgan fingerprint density at radius 3 is 2.65 bits per heavy atom. The second-order valence-electron chi connectivity index (χ2n) is 10.3. The monoisotopic (exact) mass is 528 g/mol. The highest BCUT2D eigenvalue weighted by Gasteiger charge is 2.18. The Morgan fingerprint density at radius 1 is 0.900 bits per heavy atom. The molecular weight excluding hydrogens is 500 g/mol. The number of amides is 1. The predicted octanol–water partition coefficient (Wildman–Crippen LogP) is 5.56. The summed E-state index contributed by atoms with van der Waals surface area (Å²) in [5.41, 5.74) is 8.10. The number of anilines is 1. The predicted molar refractivity (Wildman–Crippen MR) is 156 cm³/mol. The second kappa shape index (κ2) is 10.3. The number of hydrogen-bond acceptors (Lipinski definition) is 6. The van der Waals surface area contributed by atoms with E-state index in [1.807, 2.05) is 30.3 Å². The molecule has 0 unspecified atom stereocenters. The smallest absolute Gasteiger partial charge is 0.224 e. The van der Waals surface area contributed by atoms with Crippen molar-refractivity contribution in [2.45, 2.75) is 19.3 Å². The zero-order chi connectivity index (χ0) is 26.9. The van der Waals surface area contributed by atoms with E-state index in [-0.39, 0.29) is 5.91 Å². The zero-order valence-electron chi connectivity index (χ0n) is 21.8. The summed E-state index contributed by atoms with van der Waals surface area (Å²) in [6.07, 6.45) is 11.4. The molecule has 198 valence electrons. The highest BCUT2D eigenvalue weighted by atomic mass is 16.1. The molecule has 40 heavy (non-hydrogen) atoms. The van der Waals surface area contributed by atoms with Gasteiger partial charge in [-0.15, -0.1) is 0 Å². The molecule has 0 atom stereocenters. The van der Waals surface area contributed by atoms with Gasteiger partial charge in [-0.2, -0.15) is 5.10 Å². The number of hydrogen-bond donors (Lipinski definition) is 4. The van der Waals surface area contributed by atoms with Crippen molar-refractivity contribution in [1.29, 1.82) is 0 Å². The van der Waals surface area contributed by atoms with E-state index >= 15 is 0 Å². The minimum absolute atomic E-state index is 0.0244. The molecule has 1 aliphatic heterocycles. The number of benzene rings is 1. The summed E-state index contributed by atoms with van der Waals surface area (Å²) in [5.74, 6) is 0.447. The first-order valence-electron chi connectivity index (χ1n) is 13.5. The molecule has 9 nitrogen and oxygen atoms in total. The Labute approximate surface area is 230 Å². The van der Waals surface area contributed by atoms with Crippen LogP contribution < -0.4 is 10.6 Å². The van der Waals surface area contributed by atoms with E-state index in [0.29, 0.717) is 18.0 Å². The van der Waals surface area contributed by atoms with Gasteiger partial charge in [0.25, 0.3) is 0 Å². The Bertz CT molecular complexity index is 1820. The molecule has 1 aliphatic rings. The summed E-state index contributed by atoms with van der Waals surface area (Å²) in [6, 6.07) is 16.3.